The van der Waals surface area contributed by atoms with Crippen molar-refractivity contribution < 1.29 is 0 Å². The minimum Gasteiger partial charge on any atom is -0.317 e. The highest BCUT2D eigenvalue weighted by molar-refractivity contribution is 4.81. The average molecular weight is 367 g/mol. The Balaban J connectivity index is 3.13. The molecule has 0 amide bonds. The van der Waals surface area contributed by atoms with Crippen LogP contribution in [0.3, 0.4) is 0 Å². The van der Waals surface area contributed by atoms with Crippen molar-refractivity contribution in [2.45, 2.75) is 111 Å². The maximum Gasteiger partial charge on any atom is -0.00190 e. The van der Waals surface area contributed by atoms with Crippen LogP contribution in [0, 0.1) is 0 Å². The lowest BCUT2D eigenvalue weighted by molar-refractivity contribution is 0.295. The van der Waals surface area contributed by atoms with Crippen LogP contribution < -0.4 is 5.32 Å². The van der Waals surface area contributed by atoms with Crippen molar-refractivity contribution in [1.82, 2.24) is 10.2 Å². The molecule has 2 heteroatoms. The Bertz CT molecular complexity index is 271. The smallest absolute Gasteiger partial charge is 0.00190 e. The predicted octanol–water partition coefficient (Wildman–Crippen LogP) is 6.96. The lowest BCUT2D eigenvalue weighted by atomic mass is 10.1. The van der Waals surface area contributed by atoms with E-state index in [0.717, 1.165) is 6.54 Å². The number of hydrogen-bond acceptors (Lipinski definition) is 2. The van der Waals surface area contributed by atoms with Gasteiger partial charge in [-0.3, -0.25) is 0 Å². The molecule has 26 heavy (non-hydrogen) atoms. The van der Waals surface area contributed by atoms with Crippen LogP contribution in [-0.4, -0.2) is 37.6 Å². The molecule has 1 N–H and O–H groups in total. The van der Waals surface area contributed by atoms with Crippen molar-refractivity contribution in [2.75, 3.05) is 32.7 Å². The summed E-state index contributed by atoms with van der Waals surface area (Å²) in [6, 6.07) is 0. The summed E-state index contributed by atoms with van der Waals surface area (Å²) >= 11 is 0. The molecule has 0 aliphatic rings. The maximum atomic E-state index is 3.40. The van der Waals surface area contributed by atoms with Crippen LogP contribution in [0.25, 0.3) is 0 Å². The number of hydrogen-bond donors (Lipinski definition) is 1. The summed E-state index contributed by atoms with van der Waals surface area (Å²) in [5.41, 5.74) is 0. The zero-order chi connectivity index (χ0) is 19.1. The third kappa shape index (κ3) is 20.0. The van der Waals surface area contributed by atoms with Crippen LogP contribution in [0.1, 0.15) is 111 Å². The van der Waals surface area contributed by atoms with E-state index >= 15 is 0 Å². The standard InChI is InChI=1S/C24H50N2/c1-4-25-23-21-19-17-15-13-11-9-7-8-10-12-14-16-18-20-22-24-26(5-2)6-3/h7-8,25H,4-6,9-24H2,1-3H3. The molecule has 0 saturated heterocycles. The first-order valence-electron chi connectivity index (χ1n) is 11.9. The Kier molecular flexibility index (Phi) is 22.4. The summed E-state index contributed by atoms with van der Waals surface area (Å²) in [6.07, 6.45) is 24.3. The van der Waals surface area contributed by atoms with Crippen molar-refractivity contribution in [3.63, 3.8) is 0 Å². The molecule has 0 bridgehead atoms. The van der Waals surface area contributed by atoms with E-state index in [1.807, 2.05) is 0 Å². The molecule has 2 nitrogen and oxygen atoms in total. The molecule has 0 aromatic heterocycles. The quantitative estimate of drug-likeness (QED) is 0.174. The van der Waals surface area contributed by atoms with E-state index in [4.69, 9.17) is 0 Å². The van der Waals surface area contributed by atoms with Gasteiger partial charge in [0.2, 0.25) is 0 Å². The summed E-state index contributed by atoms with van der Waals surface area (Å²) in [4.78, 5) is 2.54. The molecule has 156 valence electrons. The first-order valence-corrected chi connectivity index (χ1v) is 11.9. The van der Waals surface area contributed by atoms with Gasteiger partial charge in [-0.25, -0.2) is 0 Å². The van der Waals surface area contributed by atoms with Gasteiger partial charge in [0.1, 0.15) is 0 Å². The fraction of sp³-hybridized carbons (Fsp3) is 0.917. The van der Waals surface area contributed by atoms with E-state index < -0.39 is 0 Å². The number of nitrogens with zero attached hydrogens (tertiary/aromatic N) is 1. The molecule has 0 saturated carbocycles. The van der Waals surface area contributed by atoms with Gasteiger partial charge in [0.25, 0.3) is 0 Å². The molecule has 0 aromatic carbocycles. The Morgan fingerprint density at radius 1 is 0.577 bits per heavy atom. The van der Waals surface area contributed by atoms with Crippen LogP contribution in [0.4, 0.5) is 0 Å². The Hall–Kier alpha value is -0.340. The molecular formula is C24H50N2. The van der Waals surface area contributed by atoms with Gasteiger partial charge in [0, 0.05) is 0 Å². The number of allylic oxidation sites excluding steroid dienone is 2. The molecule has 0 heterocycles. The van der Waals surface area contributed by atoms with Crippen molar-refractivity contribution >= 4 is 0 Å². The first-order chi connectivity index (χ1) is 12.8. The van der Waals surface area contributed by atoms with Crippen molar-refractivity contribution in [3.8, 4) is 0 Å². The van der Waals surface area contributed by atoms with Crippen LogP contribution in [0.2, 0.25) is 0 Å². The number of unbranched alkanes of at least 4 members (excludes halogenated alkanes) is 12. The van der Waals surface area contributed by atoms with Gasteiger partial charge in [-0.1, -0.05) is 84.3 Å². The summed E-state index contributed by atoms with van der Waals surface area (Å²) in [7, 11) is 0. The predicted molar refractivity (Wildman–Crippen MR) is 120 cm³/mol. The van der Waals surface area contributed by atoms with E-state index in [1.54, 1.807) is 0 Å². The second-order valence-electron chi connectivity index (χ2n) is 7.67. The molecule has 0 radical (unpaired) electrons. The Morgan fingerprint density at radius 2 is 1.04 bits per heavy atom. The molecule has 0 rings (SSSR count). The topological polar surface area (TPSA) is 15.3 Å². The Labute approximate surface area is 166 Å². The van der Waals surface area contributed by atoms with E-state index in [1.165, 1.54) is 116 Å². The van der Waals surface area contributed by atoms with Crippen molar-refractivity contribution in [3.05, 3.63) is 12.2 Å². The fourth-order valence-electron chi connectivity index (χ4n) is 3.48. The van der Waals surface area contributed by atoms with Crippen LogP contribution in [0.15, 0.2) is 12.2 Å². The van der Waals surface area contributed by atoms with Crippen molar-refractivity contribution in [2.24, 2.45) is 0 Å². The highest BCUT2D eigenvalue weighted by Crippen LogP contribution is 2.10. The van der Waals surface area contributed by atoms with Gasteiger partial charge in [-0.2, -0.15) is 0 Å². The average Bonchev–Trinajstić information content (AvgIpc) is 2.66. The molecule has 0 fully saturated rings. The third-order valence-electron chi connectivity index (χ3n) is 5.38. The molecular weight excluding hydrogens is 316 g/mol. The zero-order valence-corrected chi connectivity index (χ0v) is 18.5. The summed E-state index contributed by atoms with van der Waals surface area (Å²) < 4.78 is 0. The second kappa shape index (κ2) is 22.7. The lowest BCUT2D eigenvalue weighted by Crippen LogP contribution is -2.23. The fourth-order valence-corrected chi connectivity index (χ4v) is 3.48. The van der Waals surface area contributed by atoms with Crippen LogP contribution >= 0.6 is 0 Å². The van der Waals surface area contributed by atoms with Gasteiger partial charge in [-0.05, 0) is 71.2 Å². The number of nitrogens with one attached hydrogen (secondary N) is 1. The minimum atomic E-state index is 1.11. The summed E-state index contributed by atoms with van der Waals surface area (Å²) in [5.74, 6) is 0. The summed E-state index contributed by atoms with van der Waals surface area (Å²) in [6.45, 7) is 12.8. The van der Waals surface area contributed by atoms with Gasteiger partial charge in [-0.15, -0.1) is 0 Å². The van der Waals surface area contributed by atoms with E-state index in [0.29, 0.717) is 0 Å². The van der Waals surface area contributed by atoms with Gasteiger partial charge in [0.15, 0.2) is 0 Å². The van der Waals surface area contributed by atoms with Crippen LogP contribution in [0.5, 0.6) is 0 Å². The number of rotatable bonds is 21. The largest absolute Gasteiger partial charge is 0.317 e. The SMILES string of the molecule is CCNCCCCCCCCC=CCCCCCCCCN(CC)CC. The molecule has 0 atom stereocenters. The molecule has 0 aromatic rings. The normalized spacial score (nSPS) is 11.8. The van der Waals surface area contributed by atoms with Gasteiger partial charge < -0.3 is 10.2 Å². The van der Waals surface area contributed by atoms with E-state index in [9.17, 15) is 0 Å². The second-order valence-corrected chi connectivity index (χ2v) is 7.67. The van der Waals surface area contributed by atoms with E-state index in [2.05, 4.69) is 43.1 Å². The summed E-state index contributed by atoms with van der Waals surface area (Å²) in [5, 5.41) is 3.40. The first kappa shape index (κ1) is 25.7. The lowest BCUT2D eigenvalue weighted by Gasteiger charge is -2.17. The maximum absolute atomic E-state index is 3.40. The van der Waals surface area contributed by atoms with Crippen LogP contribution in [-0.2, 0) is 0 Å². The zero-order valence-electron chi connectivity index (χ0n) is 18.5. The van der Waals surface area contributed by atoms with E-state index in [-0.39, 0.29) is 0 Å². The monoisotopic (exact) mass is 366 g/mol. The van der Waals surface area contributed by atoms with Gasteiger partial charge in [0.05, 0.1) is 0 Å². The Morgan fingerprint density at radius 3 is 1.54 bits per heavy atom. The minimum absolute atomic E-state index is 1.11. The molecule has 0 spiro atoms. The van der Waals surface area contributed by atoms with Crippen molar-refractivity contribution in [1.29, 1.82) is 0 Å². The molecule has 0 aliphatic heterocycles. The third-order valence-corrected chi connectivity index (χ3v) is 5.38. The van der Waals surface area contributed by atoms with Gasteiger partial charge >= 0.3 is 0 Å². The molecule has 0 aliphatic carbocycles. The molecule has 0 unspecified atom stereocenters. The highest BCUT2D eigenvalue weighted by atomic mass is 15.1. The highest BCUT2D eigenvalue weighted by Gasteiger charge is 1.98.